The summed E-state index contributed by atoms with van der Waals surface area (Å²) in [6.07, 6.45) is 0.954. The molecule has 0 aliphatic carbocycles. The molecule has 0 aromatic heterocycles. The number of carbonyl (C=O) groups is 1. The molecule has 1 aromatic carbocycles. The maximum Gasteiger partial charge on any atom is 0.311 e. The van der Waals surface area contributed by atoms with Gasteiger partial charge in [-0.15, -0.1) is 0 Å². The Morgan fingerprint density at radius 1 is 1.53 bits per heavy atom. The first-order valence-corrected chi connectivity index (χ1v) is 6.92. The second-order valence-corrected chi connectivity index (χ2v) is 5.89. The van der Waals surface area contributed by atoms with Crippen molar-refractivity contribution in [2.45, 2.75) is 18.4 Å². The SMILES string of the molecule is CN1CCC2Nc3c(Cl)cccc3C(C(=O)O)C2C1. The van der Waals surface area contributed by atoms with Crippen LogP contribution < -0.4 is 5.32 Å². The van der Waals surface area contributed by atoms with E-state index in [-0.39, 0.29) is 12.0 Å². The van der Waals surface area contributed by atoms with E-state index in [4.69, 9.17) is 11.6 Å². The number of benzene rings is 1. The summed E-state index contributed by atoms with van der Waals surface area (Å²) < 4.78 is 0. The summed E-state index contributed by atoms with van der Waals surface area (Å²) in [4.78, 5) is 13.9. The van der Waals surface area contributed by atoms with Crippen molar-refractivity contribution >= 4 is 23.3 Å². The largest absolute Gasteiger partial charge is 0.481 e. The molecule has 4 nitrogen and oxygen atoms in total. The molecule has 5 heteroatoms. The van der Waals surface area contributed by atoms with Gasteiger partial charge in [0.05, 0.1) is 16.6 Å². The molecule has 0 spiro atoms. The summed E-state index contributed by atoms with van der Waals surface area (Å²) in [6.45, 7) is 1.79. The first-order chi connectivity index (χ1) is 9.08. The van der Waals surface area contributed by atoms with Gasteiger partial charge in [-0.25, -0.2) is 0 Å². The number of carboxylic acids is 1. The van der Waals surface area contributed by atoms with Crippen LogP contribution in [-0.4, -0.2) is 42.2 Å². The van der Waals surface area contributed by atoms with Gasteiger partial charge >= 0.3 is 5.97 Å². The van der Waals surface area contributed by atoms with Crippen LogP contribution in [0.4, 0.5) is 5.69 Å². The average Bonchev–Trinajstić information content (AvgIpc) is 2.36. The predicted molar refractivity (Wildman–Crippen MR) is 74.8 cm³/mol. The third kappa shape index (κ3) is 2.09. The number of nitrogens with one attached hydrogen (secondary N) is 1. The lowest BCUT2D eigenvalue weighted by atomic mass is 9.74. The van der Waals surface area contributed by atoms with Crippen molar-refractivity contribution in [3.63, 3.8) is 0 Å². The van der Waals surface area contributed by atoms with Gasteiger partial charge in [0.2, 0.25) is 0 Å². The Bertz CT molecular complexity index is 520. The van der Waals surface area contributed by atoms with Gasteiger partial charge in [0.1, 0.15) is 0 Å². The molecule has 2 aliphatic heterocycles. The van der Waals surface area contributed by atoms with Crippen molar-refractivity contribution in [1.82, 2.24) is 4.90 Å². The highest BCUT2D eigenvalue weighted by atomic mass is 35.5. The second-order valence-electron chi connectivity index (χ2n) is 5.49. The summed E-state index contributed by atoms with van der Waals surface area (Å²) in [5, 5.41) is 13.7. The van der Waals surface area contributed by atoms with Crippen LogP contribution in [0.5, 0.6) is 0 Å². The Kier molecular flexibility index (Phi) is 3.15. The molecular weight excluding hydrogens is 264 g/mol. The molecule has 3 unspecified atom stereocenters. The summed E-state index contributed by atoms with van der Waals surface area (Å²) in [5.74, 6) is -1.12. The maximum absolute atomic E-state index is 11.7. The van der Waals surface area contributed by atoms with Crippen molar-refractivity contribution in [2.75, 3.05) is 25.5 Å². The Morgan fingerprint density at radius 3 is 3.05 bits per heavy atom. The topological polar surface area (TPSA) is 52.6 Å². The van der Waals surface area contributed by atoms with Crippen LogP contribution in [0.1, 0.15) is 17.9 Å². The van der Waals surface area contributed by atoms with Gasteiger partial charge in [-0.2, -0.15) is 0 Å². The van der Waals surface area contributed by atoms with Gasteiger partial charge < -0.3 is 15.3 Å². The number of piperidine rings is 1. The molecule has 19 heavy (non-hydrogen) atoms. The van der Waals surface area contributed by atoms with Crippen molar-refractivity contribution in [3.05, 3.63) is 28.8 Å². The zero-order valence-electron chi connectivity index (χ0n) is 10.8. The number of para-hydroxylation sites is 1. The lowest BCUT2D eigenvalue weighted by molar-refractivity contribution is -0.141. The molecule has 0 saturated carbocycles. The molecule has 2 N–H and O–H groups in total. The van der Waals surface area contributed by atoms with Gasteiger partial charge in [0.25, 0.3) is 0 Å². The summed E-state index contributed by atoms with van der Waals surface area (Å²) in [7, 11) is 2.04. The van der Waals surface area contributed by atoms with E-state index in [9.17, 15) is 9.90 Å². The van der Waals surface area contributed by atoms with Gasteiger partial charge in [0.15, 0.2) is 0 Å². The molecule has 3 atom stereocenters. The normalized spacial score (nSPS) is 30.1. The quantitative estimate of drug-likeness (QED) is 0.828. The first kappa shape index (κ1) is 12.8. The lowest BCUT2D eigenvalue weighted by Crippen LogP contribution is -2.51. The van der Waals surface area contributed by atoms with Crippen LogP contribution in [0, 0.1) is 5.92 Å². The van der Waals surface area contributed by atoms with E-state index < -0.39 is 11.9 Å². The fraction of sp³-hybridized carbons (Fsp3) is 0.500. The number of hydrogen-bond donors (Lipinski definition) is 2. The van der Waals surface area contributed by atoms with Gasteiger partial charge in [-0.3, -0.25) is 4.79 Å². The third-order valence-electron chi connectivity index (χ3n) is 4.27. The zero-order valence-corrected chi connectivity index (χ0v) is 11.5. The van der Waals surface area contributed by atoms with E-state index in [1.54, 1.807) is 0 Å². The Hall–Kier alpha value is -1.26. The molecule has 2 heterocycles. The van der Waals surface area contributed by atoms with E-state index in [1.807, 2.05) is 25.2 Å². The van der Waals surface area contributed by atoms with Crippen molar-refractivity contribution in [3.8, 4) is 0 Å². The van der Waals surface area contributed by atoms with Gasteiger partial charge in [-0.1, -0.05) is 23.7 Å². The number of halogens is 1. The van der Waals surface area contributed by atoms with Crippen molar-refractivity contribution in [1.29, 1.82) is 0 Å². The van der Waals surface area contributed by atoms with E-state index in [2.05, 4.69) is 10.2 Å². The first-order valence-electron chi connectivity index (χ1n) is 6.54. The summed E-state index contributed by atoms with van der Waals surface area (Å²) in [6, 6.07) is 5.70. The summed E-state index contributed by atoms with van der Waals surface area (Å²) in [5.41, 5.74) is 1.62. The minimum Gasteiger partial charge on any atom is -0.481 e. The minimum atomic E-state index is -0.754. The highest BCUT2D eigenvalue weighted by Crippen LogP contribution is 2.44. The van der Waals surface area contributed by atoms with Crippen LogP contribution in [0.25, 0.3) is 0 Å². The number of anilines is 1. The van der Waals surface area contributed by atoms with Crippen LogP contribution in [0.2, 0.25) is 5.02 Å². The van der Waals surface area contributed by atoms with E-state index in [1.165, 1.54) is 0 Å². The Labute approximate surface area is 117 Å². The number of fused-ring (bicyclic) bond motifs is 2. The third-order valence-corrected chi connectivity index (χ3v) is 4.58. The average molecular weight is 281 g/mol. The number of rotatable bonds is 1. The number of hydrogen-bond acceptors (Lipinski definition) is 3. The van der Waals surface area contributed by atoms with Crippen LogP contribution >= 0.6 is 11.6 Å². The maximum atomic E-state index is 11.7. The Morgan fingerprint density at radius 2 is 2.32 bits per heavy atom. The molecule has 1 aromatic rings. The van der Waals surface area contributed by atoms with Crippen molar-refractivity contribution < 1.29 is 9.90 Å². The molecule has 3 rings (SSSR count). The van der Waals surface area contributed by atoms with Gasteiger partial charge in [-0.05, 0) is 31.6 Å². The highest BCUT2D eigenvalue weighted by Gasteiger charge is 2.43. The second kappa shape index (κ2) is 4.69. The fourth-order valence-corrected chi connectivity index (χ4v) is 3.59. The monoisotopic (exact) mass is 280 g/mol. The number of aliphatic carboxylic acids is 1. The standard InChI is InChI=1S/C14H17ClN2O2/c1-17-6-5-11-9(7-17)12(14(18)19)8-3-2-4-10(15)13(8)16-11/h2-4,9,11-12,16H,5-7H2,1H3,(H,18,19). The lowest BCUT2D eigenvalue weighted by Gasteiger charge is -2.44. The molecular formula is C14H17ClN2O2. The van der Waals surface area contributed by atoms with Crippen LogP contribution in [0.3, 0.4) is 0 Å². The van der Waals surface area contributed by atoms with E-state index >= 15 is 0 Å². The predicted octanol–water partition coefficient (Wildman–Crippen LogP) is 2.25. The molecule has 1 fully saturated rings. The van der Waals surface area contributed by atoms with E-state index in [0.717, 1.165) is 30.8 Å². The number of nitrogens with zero attached hydrogens (tertiary/aromatic N) is 1. The van der Waals surface area contributed by atoms with Crippen molar-refractivity contribution in [2.24, 2.45) is 5.92 Å². The zero-order chi connectivity index (χ0) is 13.6. The molecule has 0 radical (unpaired) electrons. The molecule has 102 valence electrons. The molecule has 0 bridgehead atoms. The Balaban J connectivity index is 2.07. The summed E-state index contributed by atoms with van der Waals surface area (Å²) >= 11 is 6.21. The van der Waals surface area contributed by atoms with E-state index in [0.29, 0.717) is 5.02 Å². The molecule has 0 amide bonds. The highest BCUT2D eigenvalue weighted by molar-refractivity contribution is 6.33. The smallest absolute Gasteiger partial charge is 0.311 e. The minimum absolute atomic E-state index is 0.0993. The number of likely N-dealkylation sites (tertiary alicyclic amines) is 1. The van der Waals surface area contributed by atoms with Gasteiger partial charge in [0, 0.05) is 18.5 Å². The molecule has 1 saturated heterocycles. The number of carboxylic acid groups (broad SMARTS) is 1. The van der Waals surface area contributed by atoms with Crippen LogP contribution in [-0.2, 0) is 4.79 Å². The molecule has 2 aliphatic rings. The van der Waals surface area contributed by atoms with Crippen LogP contribution in [0.15, 0.2) is 18.2 Å². The fourth-order valence-electron chi connectivity index (χ4n) is 3.35.